The summed E-state index contributed by atoms with van der Waals surface area (Å²) in [4.78, 5) is 13.3. The number of carbonyl (C=O) groups excluding carboxylic acids is 1. The Morgan fingerprint density at radius 2 is 1.73 bits per heavy atom. The maximum Gasteiger partial charge on any atom is 0.414 e. The monoisotopic (exact) mass is 337 g/mol. The molecule has 0 aliphatic carbocycles. The van der Waals surface area contributed by atoms with Crippen LogP contribution >= 0.6 is 23.2 Å². The summed E-state index contributed by atoms with van der Waals surface area (Å²) < 4.78 is 5.55. The van der Waals surface area contributed by atoms with Gasteiger partial charge in [0, 0.05) is 19.7 Å². The lowest BCUT2D eigenvalue weighted by atomic mass is 9.99. The first-order valence-electron chi connectivity index (χ1n) is 6.76. The van der Waals surface area contributed by atoms with E-state index in [0.717, 1.165) is 22.3 Å². The molecule has 0 bridgehead atoms. The Morgan fingerprint density at radius 1 is 1.05 bits per heavy atom. The number of nitrogens with zero attached hydrogens (tertiary/aromatic N) is 1. The Labute approximate surface area is 140 Å². The van der Waals surface area contributed by atoms with Crippen molar-refractivity contribution >= 4 is 29.3 Å². The van der Waals surface area contributed by atoms with Crippen LogP contribution in [0.5, 0.6) is 5.75 Å². The predicted molar refractivity (Wildman–Crippen MR) is 91.1 cm³/mol. The fraction of sp³-hybridized carbons (Fsp3) is 0.235. The lowest BCUT2D eigenvalue weighted by Crippen LogP contribution is -2.25. The summed E-state index contributed by atoms with van der Waals surface area (Å²) in [5, 5.41) is 0.948. The van der Waals surface area contributed by atoms with Gasteiger partial charge in [-0.05, 0) is 42.7 Å². The predicted octanol–water partition coefficient (Wildman–Crippen LogP) is 5.34. The number of ether oxygens (including phenoxy) is 1. The molecule has 0 saturated carbocycles. The van der Waals surface area contributed by atoms with Crippen LogP contribution in [0.1, 0.15) is 11.1 Å². The fourth-order valence-corrected chi connectivity index (χ4v) is 2.29. The third kappa shape index (κ3) is 3.37. The Balaban J connectivity index is 2.57. The number of amides is 1. The summed E-state index contributed by atoms with van der Waals surface area (Å²) in [6.07, 6.45) is -0.421. The molecular weight excluding hydrogens is 321 g/mol. The van der Waals surface area contributed by atoms with Gasteiger partial charge in [-0.25, -0.2) is 4.79 Å². The summed E-state index contributed by atoms with van der Waals surface area (Å²) in [7, 11) is 3.29. The van der Waals surface area contributed by atoms with Crippen LogP contribution in [0.2, 0.25) is 10.0 Å². The van der Waals surface area contributed by atoms with Crippen molar-refractivity contribution in [3.63, 3.8) is 0 Å². The molecule has 0 aromatic heterocycles. The highest BCUT2D eigenvalue weighted by Crippen LogP contribution is 2.37. The van der Waals surface area contributed by atoms with E-state index in [2.05, 4.69) is 0 Å². The van der Waals surface area contributed by atoms with Crippen molar-refractivity contribution in [2.24, 2.45) is 0 Å². The number of aryl methyl sites for hydroxylation is 1. The molecule has 1 amide bonds. The summed E-state index contributed by atoms with van der Waals surface area (Å²) in [5.41, 5.74) is 3.61. The van der Waals surface area contributed by atoms with Gasteiger partial charge < -0.3 is 9.64 Å². The lowest BCUT2D eigenvalue weighted by molar-refractivity contribution is 0.172. The number of hydrogen-bond acceptors (Lipinski definition) is 2. The Bertz CT molecular complexity index is 727. The van der Waals surface area contributed by atoms with Crippen molar-refractivity contribution in [2.45, 2.75) is 13.8 Å². The highest BCUT2D eigenvalue weighted by Gasteiger charge is 2.16. The molecule has 0 atom stereocenters. The highest BCUT2D eigenvalue weighted by atomic mass is 35.5. The van der Waals surface area contributed by atoms with Crippen LogP contribution in [-0.2, 0) is 0 Å². The first kappa shape index (κ1) is 16.7. The average Bonchev–Trinajstić information content (AvgIpc) is 2.47. The smallest absolute Gasteiger partial charge is 0.409 e. The Hall–Kier alpha value is -1.71. The first-order valence-corrected chi connectivity index (χ1v) is 7.51. The molecule has 0 saturated heterocycles. The molecule has 0 aliphatic rings. The standard InChI is InChI=1S/C17H17Cl2NO2/c1-10-5-7-13(12-6-8-14(18)15(19)9-12)16(11(10)2)22-17(21)20(3)4/h5-9H,1-4H3. The SMILES string of the molecule is Cc1ccc(-c2ccc(Cl)c(Cl)c2)c(OC(=O)N(C)C)c1C. The van der Waals surface area contributed by atoms with E-state index in [9.17, 15) is 4.79 Å². The van der Waals surface area contributed by atoms with Crippen LogP contribution in [0.3, 0.4) is 0 Å². The maximum atomic E-state index is 11.9. The van der Waals surface area contributed by atoms with Gasteiger partial charge in [0.15, 0.2) is 0 Å². The van der Waals surface area contributed by atoms with Gasteiger partial charge in [-0.1, -0.05) is 41.4 Å². The number of halogens is 2. The molecular formula is C17H17Cl2NO2. The van der Waals surface area contributed by atoms with E-state index in [-0.39, 0.29) is 0 Å². The van der Waals surface area contributed by atoms with E-state index in [0.29, 0.717) is 15.8 Å². The van der Waals surface area contributed by atoms with Crippen LogP contribution in [0.15, 0.2) is 30.3 Å². The molecule has 0 radical (unpaired) electrons. The average molecular weight is 338 g/mol. The van der Waals surface area contributed by atoms with E-state index >= 15 is 0 Å². The summed E-state index contributed by atoms with van der Waals surface area (Å²) in [6, 6.07) is 9.25. The summed E-state index contributed by atoms with van der Waals surface area (Å²) in [6.45, 7) is 3.90. The summed E-state index contributed by atoms with van der Waals surface area (Å²) in [5.74, 6) is 0.539. The molecule has 0 N–H and O–H groups in total. The second kappa shape index (κ2) is 6.59. The maximum absolute atomic E-state index is 11.9. The quantitative estimate of drug-likeness (QED) is 0.740. The van der Waals surface area contributed by atoms with E-state index in [1.165, 1.54) is 4.90 Å². The Morgan fingerprint density at radius 3 is 2.32 bits per heavy atom. The molecule has 2 aromatic carbocycles. The minimum Gasteiger partial charge on any atom is -0.409 e. The van der Waals surface area contributed by atoms with Crippen molar-refractivity contribution in [1.29, 1.82) is 0 Å². The second-order valence-corrected chi connectivity index (χ2v) is 6.09. The van der Waals surface area contributed by atoms with Gasteiger partial charge in [-0.2, -0.15) is 0 Å². The molecule has 0 fully saturated rings. The third-order valence-electron chi connectivity index (χ3n) is 3.46. The van der Waals surface area contributed by atoms with Crippen molar-refractivity contribution in [3.8, 4) is 16.9 Å². The zero-order valence-electron chi connectivity index (χ0n) is 12.9. The van der Waals surface area contributed by atoms with E-state index < -0.39 is 6.09 Å². The van der Waals surface area contributed by atoms with Gasteiger partial charge in [-0.15, -0.1) is 0 Å². The van der Waals surface area contributed by atoms with Gasteiger partial charge >= 0.3 is 6.09 Å². The Kier molecular flexibility index (Phi) is 4.99. The zero-order chi connectivity index (χ0) is 16.4. The minimum absolute atomic E-state index is 0.421. The van der Waals surface area contributed by atoms with Gasteiger partial charge in [0.05, 0.1) is 10.0 Å². The molecule has 2 aromatic rings. The molecule has 0 spiro atoms. The molecule has 0 unspecified atom stereocenters. The molecule has 0 heterocycles. The van der Waals surface area contributed by atoms with Crippen LogP contribution in [0, 0.1) is 13.8 Å². The van der Waals surface area contributed by atoms with Gasteiger partial charge in [0.2, 0.25) is 0 Å². The molecule has 0 aliphatic heterocycles. The summed E-state index contributed by atoms with van der Waals surface area (Å²) >= 11 is 12.1. The highest BCUT2D eigenvalue weighted by molar-refractivity contribution is 6.42. The van der Waals surface area contributed by atoms with E-state index in [1.807, 2.05) is 32.0 Å². The number of carbonyl (C=O) groups is 1. The van der Waals surface area contributed by atoms with Crippen LogP contribution in [0.25, 0.3) is 11.1 Å². The largest absolute Gasteiger partial charge is 0.414 e. The molecule has 5 heteroatoms. The van der Waals surface area contributed by atoms with Gasteiger partial charge in [0.1, 0.15) is 5.75 Å². The normalized spacial score (nSPS) is 10.5. The third-order valence-corrected chi connectivity index (χ3v) is 4.20. The second-order valence-electron chi connectivity index (χ2n) is 5.28. The fourth-order valence-electron chi connectivity index (χ4n) is 1.99. The molecule has 2 rings (SSSR count). The number of hydrogen-bond donors (Lipinski definition) is 0. The van der Waals surface area contributed by atoms with Gasteiger partial charge in [0.25, 0.3) is 0 Å². The van der Waals surface area contributed by atoms with E-state index in [1.54, 1.807) is 26.2 Å². The van der Waals surface area contributed by atoms with Gasteiger partial charge in [-0.3, -0.25) is 0 Å². The molecule has 116 valence electrons. The minimum atomic E-state index is -0.421. The van der Waals surface area contributed by atoms with E-state index in [4.69, 9.17) is 27.9 Å². The zero-order valence-corrected chi connectivity index (χ0v) is 14.4. The van der Waals surface area contributed by atoms with Crippen LogP contribution in [0.4, 0.5) is 4.79 Å². The van der Waals surface area contributed by atoms with Crippen molar-refractivity contribution < 1.29 is 9.53 Å². The van der Waals surface area contributed by atoms with Crippen molar-refractivity contribution in [2.75, 3.05) is 14.1 Å². The van der Waals surface area contributed by atoms with Crippen LogP contribution < -0.4 is 4.74 Å². The first-order chi connectivity index (χ1) is 10.3. The molecule has 22 heavy (non-hydrogen) atoms. The number of benzene rings is 2. The topological polar surface area (TPSA) is 29.5 Å². The lowest BCUT2D eigenvalue weighted by Gasteiger charge is -2.17. The van der Waals surface area contributed by atoms with Crippen LogP contribution in [-0.4, -0.2) is 25.1 Å². The van der Waals surface area contributed by atoms with Crippen molar-refractivity contribution in [3.05, 3.63) is 51.5 Å². The van der Waals surface area contributed by atoms with Crippen molar-refractivity contribution in [1.82, 2.24) is 4.90 Å². The molecule has 3 nitrogen and oxygen atoms in total. The number of rotatable bonds is 2.